The molecule has 0 spiro atoms. The molecular weight excluding hydrogens is 341 g/mol. The van der Waals surface area contributed by atoms with E-state index in [1.54, 1.807) is 0 Å². The number of hydrogen-bond donors (Lipinski definition) is 1. The Bertz CT molecular complexity index is 766. The molecule has 3 aliphatic rings. The average Bonchev–Trinajstić information content (AvgIpc) is 3.20. The van der Waals surface area contributed by atoms with Crippen molar-refractivity contribution >= 4 is 17.3 Å². The molecule has 0 aromatic heterocycles. The third-order valence-corrected chi connectivity index (χ3v) is 5.87. The van der Waals surface area contributed by atoms with Crippen molar-refractivity contribution in [1.82, 2.24) is 0 Å². The number of alkyl halides is 3. The van der Waals surface area contributed by atoms with Crippen molar-refractivity contribution in [2.45, 2.75) is 31.7 Å². The Hall–Kier alpha value is -2.16. The first kappa shape index (κ1) is 16.3. The summed E-state index contributed by atoms with van der Waals surface area (Å²) in [6.45, 7) is 0. The lowest BCUT2D eigenvalue weighted by Crippen LogP contribution is -2.37. The van der Waals surface area contributed by atoms with E-state index in [-0.39, 0.29) is 35.3 Å². The quantitative estimate of drug-likeness (QED) is 0.652. The molecular formula is C16H15F3N2O4. The molecule has 25 heavy (non-hydrogen) atoms. The van der Waals surface area contributed by atoms with E-state index in [1.165, 1.54) is 0 Å². The van der Waals surface area contributed by atoms with E-state index in [4.69, 9.17) is 0 Å². The number of rotatable bonds is 2. The van der Waals surface area contributed by atoms with Gasteiger partial charge in [-0.05, 0) is 43.2 Å². The first-order valence-electron chi connectivity index (χ1n) is 8.07. The number of benzene rings is 1. The number of fused-ring (bicyclic) bond motifs is 5. The normalized spacial score (nSPS) is 33.8. The summed E-state index contributed by atoms with van der Waals surface area (Å²) in [7, 11) is 0. The number of carbonyl (C=O) groups excluding carboxylic acids is 1. The van der Waals surface area contributed by atoms with Gasteiger partial charge in [0.05, 0.1) is 4.92 Å². The van der Waals surface area contributed by atoms with Crippen molar-refractivity contribution < 1.29 is 28.0 Å². The lowest BCUT2D eigenvalue weighted by molar-refractivity contribution is -0.388. The van der Waals surface area contributed by atoms with Gasteiger partial charge in [-0.15, -0.1) is 0 Å². The molecule has 1 amide bonds. The number of amides is 1. The summed E-state index contributed by atoms with van der Waals surface area (Å²) in [5.74, 6) is -0.637. The van der Waals surface area contributed by atoms with Gasteiger partial charge in [-0.2, -0.15) is 13.2 Å². The first-order valence-corrected chi connectivity index (χ1v) is 8.07. The highest BCUT2D eigenvalue weighted by atomic mass is 19.4. The Morgan fingerprint density at radius 2 is 1.92 bits per heavy atom. The van der Waals surface area contributed by atoms with Crippen LogP contribution in [0, 0.1) is 33.8 Å². The highest BCUT2D eigenvalue weighted by Crippen LogP contribution is 2.58. The van der Waals surface area contributed by atoms with Crippen LogP contribution in [0.1, 0.15) is 24.8 Å². The molecule has 2 bridgehead atoms. The van der Waals surface area contributed by atoms with Gasteiger partial charge in [-0.3, -0.25) is 19.8 Å². The number of hydrogen-bond acceptors (Lipinski definition) is 4. The summed E-state index contributed by atoms with van der Waals surface area (Å²) in [6, 6.07) is 2.42. The van der Waals surface area contributed by atoms with Crippen LogP contribution >= 0.6 is 0 Å². The maximum Gasteiger partial charge on any atom is 0.423 e. The Morgan fingerprint density at radius 3 is 2.52 bits per heavy atom. The Labute approximate surface area is 140 Å². The van der Waals surface area contributed by atoms with Gasteiger partial charge in [-0.25, -0.2) is 0 Å². The lowest BCUT2D eigenvalue weighted by Gasteiger charge is -2.26. The number of nitrogens with zero attached hydrogens (tertiary/aromatic N) is 2. The van der Waals surface area contributed by atoms with Gasteiger partial charge in [0, 0.05) is 23.6 Å². The van der Waals surface area contributed by atoms with Crippen LogP contribution in [0.2, 0.25) is 0 Å². The maximum atomic E-state index is 13.2. The zero-order valence-electron chi connectivity index (χ0n) is 12.9. The van der Waals surface area contributed by atoms with Crippen LogP contribution in [-0.4, -0.2) is 22.2 Å². The molecule has 2 saturated carbocycles. The van der Waals surface area contributed by atoms with E-state index in [2.05, 4.69) is 0 Å². The minimum Gasteiger partial charge on any atom is -0.373 e. The number of carbonyl (C=O) groups is 1. The van der Waals surface area contributed by atoms with Crippen LogP contribution in [0.15, 0.2) is 18.2 Å². The fourth-order valence-corrected chi connectivity index (χ4v) is 4.93. The van der Waals surface area contributed by atoms with Gasteiger partial charge in [0.2, 0.25) is 5.91 Å². The number of nitro groups is 1. The minimum atomic E-state index is -4.93. The Balaban J connectivity index is 1.75. The second-order valence-electron chi connectivity index (χ2n) is 7.01. The van der Waals surface area contributed by atoms with E-state index < -0.39 is 28.6 Å². The molecule has 1 aromatic carbocycles. The lowest BCUT2D eigenvalue weighted by atomic mass is 9.81. The molecule has 1 heterocycles. The summed E-state index contributed by atoms with van der Waals surface area (Å²) in [5, 5.41) is 21.4. The third-order valence-electron chi connectivity index (χ3n) is 5.87. The third kappa shape index (κ3) is 2.25. The van der Waals surface area contributed by atoms with Gasteiger partial charge in [0.25, 0.3) is 5.69 Å². The fraction of sp³-hybridized carbons (Fsp3) is 0.562. The fourth-order valence-electron chi connectivity index (χ4n) is 4.93. The molecule has 6 nitrogen and oxygen atoms in total. The number of nitro benzene ring substituents is 1. The monoisotopic (exact) mass is 356 g/mol. The molecule has 1 aromatic rings. The van der Waals surface area contributed by atoms with Crippen molar-refractivity contribution in [2.24, 2.45) is 23.7 Å². The minimum absolute atomic E-state index is 0.149. The number of anilines is 1. The molecule has 5 atom stereocenters. The second kappa shape index (κ2) is 5.17. The molecule has 0 radical (unpaired) electrons. The van der Waals surface area contributed by atoms with Crippen molar-refractivity contribution in [1.29, 1.82) is 0 Å². The topological polar surface area (TPSA) is 83.7 Å². The first-order chi connectivity index (χ1) is 11.7. The molecule has 4 rings (SSSR count). The van der Waals surface area contributed by atoms with Crippen LogP contribution in [0.25, 0.3) is 0 Å². The smallest absolute Gasteiger partial charge is 0.373 e. The van der Waals surface area contributed by atoms with Crippen LogP contribution in [0.5, 0.6) is 0 Å². The Kier molecular flexibility index (Phi) is 3.37. The number of aliphatic hydroxyl groups excluding tert-OH is 1. The number of halogens is 3. The molecule has 134 valence electrons. The molecule has 1 aliphatic heterocycles. The molecule has 1 unspecified atom stereocenters. The van der Waals surface area contributed by atoms with Crippen LogP contribution in [-0.2, 0) is 11.0 Å². The predicted molar refractivity (Wildman–Crippen MR) is 79.4 cm³/mol. The highest BCUT2D eigenvalue weighted by Gasteiger charge is 2.60. The van der Waals surface area contributed by atoms with Crippen molar-refractivity contribution in [2.75, 3.05) is 4.90 Å². The largest absolute Gasteiger partial charge is 0.423 e. The Morgan fingerprint density at radius 1 is 1.24 bits per heavy atom. The molecule has 1 saturated heterocycles. The zero-order chi connectivity index (χ0) is 18.1. The second-order valence-corrected chi connectivity index (χ2v) is 7.01. The van der Waals surface area contributed by atoms with Crippen molar-refractivity contribution in [3.8, 4) is 0 Å². The van der Waals surface area contributed by atoms with E-state index in [0.29, 0.717) is 6.07 Å². The van der Waals surface area contributed by atoms with E-state index in [0.717, 1.165) is 36.3 Å². The summed E-state index contributed by atoms with van der Waals surface area (Å²) in [6.07, 6.45) is -3.43. The van der Waals surface area contributed by atoms with Crippen LogP contribution in [0.4, 0.5) is 24.5 Å². The molecule has 3 fully saturated rings. The van der Waals surface area contributed by atoms with E-state index >= 15 is 0 Å². The average molecular weight is 356 g/mol. The van der Waals surface area contributed by atoms with Crippen LogP contribution < -0.4 is 4.90 Å². The van der Waals surface area contributed by atoms with Gasteiger partial charge >= 0.3 is 6.18 Å². The van der Waals surface area contributed by atoms with Gasteiger partial charge in [0.15, 0.2) is 0 Å². The van der Waals surface area contributed by atoms with E-state index in [1.807, 2.05) is 0 Å². The number of aliphatic hydroxyl groups is 1. The molecule has 2 aliphatic carbocycles. The van der Waals surface area contributed by atoms with Gasteiger partial charge in [0.1, 0.15) is 11.8 Å². The zero-order valence-corrected chi connectivity index (χ0v) is 12.9. The SMILES string of the molecule is O=C1[C@H]2[C@H]3CC[C@H](C3)[C@H]2C(O)N1c1ccc([N+](=O)[O-])c(C(F)(F)F)c1. The summed E-state index contributed by atoms with van der Waals surface area (Å²) >= 11 is 0. The maximum absolute atomic E-state index is 13.2. The van der Waals surface area contributed by atoms with Crippen LogP contribution in [0.3, 0.4) is 0 Å². The van der Waals surface area contributed by atoms with Gasteiger partial charge < -0.3 is 5.11 Å². The van der Waals surface area contributed by atoms with Crippen molar-refractivity contribution in [3.05, 3.63) is 33.9 Å². The molecule has 9 heteroatoms. The standard InChI is InChI=1S/C16H15F3N2O4/c17-16(18,19)10-6-9(3-4-11(10)21(24)25)20-14(22)12-7-1-2-8(5-7)13(12)15(20)23/h3-4,6-8,12-14,22H,1-2,5H2/t7-,8+,12-,13+,14?/m1/s1. The van der Waals surface area contributed by atoms with E-state index in [9.17, 15) is 33.2 Å². The highest BCUT2D eigenvalue weighted by molar-refractivity contribution is 5.99. The predicted octanol–water partition coefficient (Wildman–Crippen LogP) is 2.94. The summed E-state index contributed by atoms with van der Waals surface area (Å²) in [5.41, 5.74) is -2.64. The summed E-state index contributed by atoms with van der Waals surface area (Å²) in [4.78, 5) is 23.5. The summed E-state index contributed by atoms with van der Waals surface area (Å²) < 4.78 is 39.5. The van der Waals surface area contributed by atoms with Crippen molar-refractivity contribution in [3.63, 3.8) is 0 Å². The molecule has 1 N–H and O–H groups in total. The van der Waals surface area contributed by atoms with Gasteiger partial charge in [-0.1, -0.05) is 0 Å².